The van der Waals surface area contributed by atoms with Crippen molar-refractivity contribution in [3.05, 3.63) is 72.8 Å². The van der Waals surface area contributed by atoms with Crippen molar-refractivity contribution in [1.82, 2.24) is 0 Å². The molecule has 5 unspecified atom stereocenters. The predicted octanol–water partition coefficient (Wildman–Crippen LogP) is 11.6. The molecule has 0 aromatic rings. The van der Waals surface area contributed by atoms with Gasteiger partial charge in [-0.3, -0.25) is 0 Å². The first-order valence-corrected chi connectivity index (χ1v) is 14.2. The van der Waals surface area contributed by atoms with Crippen LogP contribution in [-0.4, -0.2) is 13.0 Å². The molecular weight excluding hydrogens is 523 g/mol. The van der Waals surface area contributed by atoms with Crippen molar-refractivity contribution in [1.29, 1.82) is 0 Å². The SMILES string of the molecule is C=C(/C=C(/F)C(=C)OCF)OC(F)(F)C(C)CCC(C)C(C)CCC(C)C(=C)/C(F)=C\C(=C)C(C)CCC(C)C. The Hall–Kier alpha value is -2.31. The van der Waals surface area contributed by atoms with Crippen LogP contribution in [0.2, 0.25) is 0 Å². The van der Waals surface area contributed by atoms with Gasteiger partial charge in [0.25, 0.3) is 0 Å². The summed E-state index contributed by atoms with van der Waals surface area (Å²) in [6, 6.07) is 0. The number of halogens is 5. The van der Waals surface area contributed by atoms with Crippen LogP contribution in [0.15, 0.2) is 72.8 Å². The zero-order valence-electron chi connectivity index (χ0n) is 25.6. The molecule has 0 saturated carbocycles. The van der Waals surface area contributed by atoms with Gasteiger partial charge in [0.1, 0.15) is 11.6 Å². The number of ether oxygens (including phenoxy) is 2. The molecule has 5 atom stereocenters. The van der Waals surface area contributed by atoms with E-state index in [-0.39, 0.29) is 35.9 Å². The van der Waals surface area contributed by atoms with Crippen LogP contribution in [0.1, 0.15) is 87.0 Å². The summed E-state index contributed by atoms with van der Waals surface area (Å²) in [6.45, 7) is 26.9. The quantitative estimate of drug-likeness (QED) is 0.0771. The minimum atomic E-state index is -3.58. The summed E-state index contributed by atoms with van der Waals surface area (Å²) in [7, 11) is 0. The predicted molar refractivity (Wildman–Crippen MR) is 156 cm³/mol. The van der Waals surface area contributed by atoms with Gasteiger partial charge in [-0.05, 0) is 78.9 Å². The second-order valence-corrected chi connectivity index (χ2v) is 11.7. The molecule has 0 spiro atoms. The number of hydrogen-bond acceptors (Lipinski definition) is 2. The van der Waals surface area contributed by atoms with Gasteiger partial charge in [0.15, 0.2) is 11.6 Å². The zero-order valence-corrected chi connectivity index (χ0v) is 25.6. The first-order valence-electron chi connectivity index (χ1n) is 14.2. The van der Waals surface area contributed by atoms with E-state index in [1.54, 1.807) is 0 Å². The van der Waals surface area contributed by atoms with E-state index in [1.165, 1.54) is 13.0 Å². The molecule has 0 aliphatic rings. The molecule has 7 heteroatoms. The Balaban J connectivity index is 4.78. The van der Waals surface area contributed by atoms with Crippen molar-refractivity contribution in [2.75, 3.05) is 6.86 Å². The molecule has 0 amide bonds. The first-order chi connectivity index (χ1) is 18.4. The van der Waals surface area contributed by atoms with E-state index in [1.807, 2.05) is 13.8 Å². The molecule has 0 saturated heterocycles. The van der Waals surface area contributed by atoms with Gasteiger partial charge in [0.05, 0.1) is 5.92 Å². The molecule has 0 aromatic heterocycles. The minimum Gasteiger partial charge on any atom is -0.460 e. The fourth-order valence-corrected chi connectivity index (χ4v) is 4.00. The van der Waals surface area contributed by atoms with Crippen LogP contribution in [0.5, 0.6) is 0 Å². The summed E-state index contributed by atoms with van der Waals surface area (Å²) in [5, 5.41) is 0. The molecule has 0 aliphatic heterocycles. The van der Waals surface area contributed by atoms with Crippen LogP contribution >= 0.6 is 0 Å². The van der Waals surface area contributed by atoms with Crippen LogP contribution in [0, 0.1) is 35.5 Å². The van der Waals surface area contributed by atoms with Crippen LogP contribution in [-0.2, 0) is 9.47 Å². The molecule has 230 valence electrons. The van der Waals surface area contributed by atoms with Crippen LogP contribution in [0.3, 0.4) is 0 Å². The third kappa shape index (κ3) is 14.4. The van der Waals surface area contributed by atoms with Crippen LogP contribution < -0.4 is 0 Å². The minimum absolute atomic E-state index is 0.0628. The van der Waals surface area contributed by atoms with Gasteiger partial charge in [-0.15, -0.1) is 0 Å². The highest BCUT2D eigenvalue weighted by Crippen LogP contribution is 2.35. The summed E-state index contributed by atoms with van der Waals surface area (Å²) in [5.41, 5.74) is 1.22. The van der Waals surface area contributed by atoms with Gasteiger partial charge in [-0.1, -0.05) is 81.2 Å². The fourth-order valence-electron chi connectivity index (χ4n) is 4.00. The van der Waals surface area contributed by atoms with Gasteiger partial charge < -0.3 is 9.47 Å². The van der Waals surface area contributed by atoms with Gasteiger partial charge >= 0.3 is 6.11 Å². The summed E-state index contributed by atoms with van der Waals surface area (Å²) in [5.74, 6) is -2.80. The van der Waals surface area contributed by atoms with Crippen molar-refractivity contribution in [2.45, 2.75) is 93.1 Å². The standard InChI is InChI=1S/C33H51F5O2/c1-21(2)12-13-24(5)26(7)18-31(35)29(10)25(6)15-14-22(3)23(4)16-17-27(8)33(37,38)40-28(9)19-32(36)30(11)39-20-34/h18-19,21-25,27H,7,9-17,20H2,1-6,8H3/b31-18+,32-19+. The van der Waals surface area contributed by atoms with Gasteiger partial charge in [-0.25, -0.2) is 13.2 Å². The lowest BCUT2D eigenvalue weighted by Gasteiger charge is -2.27. The lowest BCUT2D eigenvalue weighted by Crippen LogP contribution is -2.29. The van der Waals surface area contributed by atoms with Crippen molar-refractivity contribution in [3.63, 3.8) is 0 Å². The Kier molecular flexibility index (Phi) is 17.1. The van der Waals surface area contributed by atoms with E-state index >= 15 is 0 Å². The zero-order chi connectivity index (χ0) is 31.2. The van der Waals surface area contributed by atoms with E-state index in [4.69, 9.17) is 0 Å². The number of alkyl halides is 3. The second-order valence-electron chi connectivity index (χ2n) is 11.7. The van der Waals surface area contributed by atoms with Gasteiger partial charge in [0.2, 0.25) is 6.86 Å². The number of allylic oxidation sites excluding steroid dienone is 6. The Morgan fingerprint density at radius 2 is 1.25 bits per heavy atom. The third-order valence-corrected chi connectivity index (χ3v) is 7.73. The maximum absolute atomic E-state index is 14.9. The van der Waals surface area contributed by atoms with E-state index in [2.05, 4.69) is 63.5 Å². The largest absolute Gasteiger partial charge is 0.460 e. The van der Waals surface area contributed by atoms with Crippen molar-refractivity contribution >= 4 is 0 Å². The molecule has 0 rings (SSSR count). The Labute approximate surface area is 239 Å². The highest BCUT2D eigenvalue weighted by atomic mass is 19.3. The molecule has 0 aromatic carbocycles. The van der Waals surface area contributed by atoms with E-state index in [0.717, 1.165) is 31.3 Å². The fraction of sp³-hybridized carbons (Fsp3) is 0.636. The average molecular weight is 575 g/mol. The maximum atomic E-state index is 14.9. The molecule has 40 heavy (non-hydrogen) atoms. The van der Waals surface area contributed by atoms with Crippen LogP contribution in [0.4, 0.5) is 22.0 Å². The maximum Gasteiger partial charge on any atom is 0.400 e. The van der Waals surface area contributed by atoms with Crippen molar-refractivity contribution in [2.24, 2.45) is 35.5 Å². The van der Waals surface area contributed by atoms with Crippen molar-refractivity contribution < 1.29 is 31.4 Å². The topological polar surface area (TPSA) is 18.5 Å². The Morgan fingerprint density at radius 1 is 0.725 bits per heavy atom. The summed E-state index contributed by atoms with van der Waals surface area (Å²) < 4.78 is 78.7. The highest BCUT2D eigenvalue weighted by molar-refractivity contribution is 5.32. The summed E-state index contributed by atoms with van der Waals surface area (Å²) in [6.07, 6.45) is 2.76. The molecule has 2 nitrogen and oxygen atoms in total. The molecule has 0 fully saturated rings. The molecule has 0 radical (unpaired) electrons. The monoisotopic (exact) mass is 574 g/mol. The second kappa shape index (κ2) is 18.2. The van der Waals surface area contributed by atoms with Crippen molar-refractivity contribution in [3.8, 4) is 0 Å². The average Bonchev–Trinajstić information content (AvgIpc) is 2.87. The Morgan fingerprint density at radius 3 is 1.77 bits per heavy atom. The molecular formula is C33H51F5O2. The van der Waals surface area contributed by atoms with Crippen LogP contribution in [0.25, 0.3) is 0 Å². The Bertz CT molecular complexity index is 903. The number of rotatable bonds is 21. The molecule has 0 N–H and O–H groups in total. The molecule has 0 bridgehead atoms. The van der Waals surface area contributed by atoms with Gasteiger partial charge in [0, 0.05) is 6.08 Å². The molecule has 0 heterocycles. The molecule has 0 aliphatic carbocycles. The lowest BCUT2D eigenvalue weighted by atomic mass is 9.83. The smallest absolute Gasteiger partial charge is 0.400 e. The third-order valence-electron chi connectivity index (χ3n) is 7.73. The summed E-state index contributed by atoms with van der Waals surface area (Å²) in [4.78, 5) is 0. The lowest BCUT2D eigenvalue weighted by molar-refractivity contribution is -0.245. The number of hydrogen-bond donors (Lipinski definition) is 0. The first kappa shape index (κ1) is 37.7. The summed E-state index contributed by atoms with van der Waals surface area (Å²) >= 11 is 0. The normalized spacial score (nSPS) is 16.6. The van der Waals surface area contributed by atoms with Gasteiger partial charge in [-0.2, -0.15) is 8.78 Å². The van der Waals surface area contributed by atoms with E-state index in [9.17, 15) is 22.0 Å². The van der Waals surface area contributed by atoms with E-state index in [0.29, 0.717) is 24.0 Å². The van der Waals surface area contributed by atoms with E-state index < -0.39 is 36.2 Å². The highest BCUT2D eigenvalue weighted by Gasteiger charge is 2.39.